The van der Waals surface area contributed by atoms with Crippen LogP contribution in [0.3, 0.4) is 0 Å². The summed E-state index contributed by atoms with van der Waals surface area (Å²) in [6, 6.07) is 15.3. The Bertz CT molecular complexity index is 576. The average Bonchev–Trinajstić information content (AvgIpc) is 2.49. The molecule has 3 rings (SSSR count). The van der Waals surface area contributed by atoms with Gasteiger partial charge in [0.05, 0.1) is 12.6 Å². The van der Waals surface area contributed by atoms with E-state index >= 15 is 0 Å². The van der Waals surface area contributed by atoms with Gasteiger partial charge >= 0.3 is 0 Å². The largest absolute Gasteiger partial charge is 0.296 e. The van der Waals surface area contributed by atoms with Crippen LogP contribution in [0.15, 0.2) is 53.4 Å². The maximum absolute atomic E-state index is 13.7. The lowest BCUT2D eigenvalue weighted by Gasteiger charge is -2.25. The first kappa shape index (κ1) is 13.6. The Morgan fingerprint density at radius 2 is 2.00 bits per heavy atom. The topological polar surface area (TPSA) is 21.3 Å². The molecule has 4 heteroatoms. The summed E-state index contributed by atoms with van der Waals surface area (Å²) in [5.74, 6) is 0.766. The second kappa shape index (κ2) is 6.39. The Morgan fingerprint density at radius 3 is 2.85 bits per heavy atom. The van der Waals surface area contributed by atoms with Crippen LogP contribution in [0.1, 0.15) is 23.6 Å². The van der Waals surface area contributed by atoms with Crippen molar-refractivity contribution in [2.75, 3.05) is 5.75 Å². The van der Waals surface area contributed by atoms with E-state index in [1.807, 2.05) is 36.4 Å². The minimum atomic E-state index is -0.137. The van der Waals surface area contributed by atoms with Crippen molar-refractivity contribution in [2.24, 2.45) is 0 Å². The molecule has 0 aliphatic carbocycles. The van der Waals surface area contributed by atoms with E-state index in [1.165, 1.54) is 6.07 Å². The number of halogens is 1. The fourth-order valence-electron chi connectivity index (χ4n) is 2.31. The second-order valence-electron chi connectivity index (χ2n) is 4.74. The molecule has 0 bridgehead atoms. The Kier molecular flexibility index (Phi) is 4.35. The molecular weight excluding hydrogens is 273 g/mol. The van der Waals surface area contributed by atoms with Gasteiger partial charge in [0.25, 0.3) is 0 Å². The molecule has 0 fully saturated rings. The molecule has 20 heavy (non-hydrogen) atoms. The van der Waals surface area contributed by atoms with Crippen molar-refractivity contribution in [3.05, 3.63) is 65.5 Å². The molecular formula is C16H16FNOS. The molecule has 1 unspecified atom stereocenters. The van der Waals surface area contributed by atoms with Gasteiger partial charge in [-0.1, -0.05) is 42.5 Å². The van der Waals surface area contributed by atoms with E-state index in [4.69, 9.17) is 4.84 Å². The monoisotopic (exact) mass is 289 g/mol. The summed E-state index contributed by atoms with van der Waals surface area (Å²) in [6.45, 7) is 0.509. The lowest BCUT2D eigenvalue weighted by Crippen LogP contribution is -2.25. The van der Waals surface area contributed by atoms with E-state index in [2.05, 4.69) is 5.48 Å². The molecule has 0 aromatic heterocycles. The molecule has 0 spiro atoms. The van der Waals surface area contributed by atoms with Crippen LogP contribution in [0.25, 0.3) is 0 Å². The summed E-state index contributed by atoms with van der Waals surface area (Å²) in [5.41, 5.74) is 5.18. The Balaban J connectivity index is 1.64. The van der Waals surface area contributed by atoms with Crippen LogP contribution in [0.5, 0.6) is 0 Å². The number of rotatable bonds is 4. The van der Waals surface area contributed by atoms with Crippen molar-refractivity contribution in [1.29, 1.82) is 0 Å². The normalized spacial score (nSPS) is 17.8. The molecule has 0 radical (unpaired) electrons. The summed E-state index contributed by atoms with van der Waals surface area (Å²) < 4.78 is 13.7. The summed E-state index contributed by atoms with van der Waals surface area (Å²) in [5, 5.41) is 0. The Hall–Kier alpha value is -1.36. The maximum atomic E-state index is 13.7. The highest BCUT2D eigenvalue weighted by Gasteiger charge is 2.22. The summed E-state index contributed by atoms with van der Waals surface area (Å²) >= 11 is 1.58. The molecule has 1 atom stereocenters. The SMILES string of the molecule is Fc1cccc2c1SCCC2NOCc1ccccc1. The van der Waals surface area contributed by atoms with Crippen molar-refractivity contribution < 1.29 is 9.23 Å². The van der Waals surface area contributed by atoms with Gasteiger partial charge in [-0.15, -0.1) is 11.8 Å². The number of thioether (sulfide) groups is 1. The zero-order chi connectivity index (χ0) is 13.8. The van der Waals surface area contributed by atoms with Crippen molar-refractivity contribution in [1.82, 2.24) is 5.48 Å². The second-order valence-corrected chi connectivity index (χ2v) is 5.85. The van der Waals surface area contributed by atoms with Crippen molar-refractivity contribution in [3.8, 4) is 0 Å². The molecule has 1 aliphatic heterocycles. The number of fused-ring (bicyclic) bond motifs is 1. The molecule has 0 saturated carbocycles. The van der Waals surface area contributed by atoms with E-state index in [0.717, 1.165) is 28.2 Å². The lowest BCUT2D eigenvalue weighted by molar-refractivity contribution is 0.00123. The Morgan fingerprint density at radius 1 is 1.15 bits per heavy atom. The van der Waals surface area contributed by atoms with Crippen LogP contribution in [-0.2, 0) is 11.4 Å². The van der Waals surface area contributed by atoms with Gasteiger partial charge in [0, 0.05) is 10.6 Å². The highest BCUT2D eigenvalue weighted by molar-refractivity contribution is 7.99. The quantitative estimate of drug-likeness (QED) is 0.857. The van der Waals surface area contributed by atoms with Gasteiger partial charge in [0.2, 0.25) is 0 Å². The number of nitrogens with one attached hydrogen (secondary N) is 1. The van der Waals surface area contributed by atoms with Crippen LogP contribution >= 0.6 is 11.8 Å². The fourth-order valence-corrected chi connectivity index (χ4v) is 3.45. The number of hydrogen-bond donors (Lipinski definition) is 1. The number of benzene rings is 2. The van der Waals surface area contributed by atoms with Gasteiger partial charge in [-0.2, -0.15) is 5.48 Å². The van der Waals surface area contributed by atoms with Crippen LogP contribution in [-0.4, -0.2) is 5.75 Å². The van der Waals surface area contributed by atoms with Crippen molar-refractivity contribution >= 4 is 11.8 Å². The van der Waals surface area contributed by atoms with E-state index in [0.29, 0.717) is 6.61 Å². The van der Waals surface area contributed by atoms with Gasteiger partial charge in [0.15, 0.2) is 0 Å². The Labute approximate surface area is 122 Å². The molecule has 104 valence electrons. The average molecular weight is 289 g/mol. The van der Waals surface area contributed by atoms with Crippen molar-refractivity contribution in [3.63, 3.8) is 0 Å². The first-order chi connectivity index (χ1) is 9.84. The number of hydrogen-bond acceptors (Lipinski definition) is 3. The van der Waals surface area contributed by atoms with Gasteiger partial charge in [0.1, 0.15) is 5.82 Å². The fraction of sp³-hybridized carbons (Fsp3) is 0.250. The zero-order valence-corrected chi connectivity index (χ0v) is 11.8. The molecule has 1 N–H and O–H groups in total. The standard InChI is InChI=1S/C16H16FNOS/c17-14-8-4-7-13-15(9-10-20-16(13)14)18-19-11-12-5-2-1-3-6-12/h1-8,15,18H,9-11H2. The maximum Gasteiger partial charge on any atom is 0.137 e. The summed E-state index contributed by atoms with van der Waals surface area (Å²) in [4.78, 5) is 6.32. The van der Waals surface area contributed by atoms with Gasteiger partial charge in [-0.05, 0) is 23.6 Å². The summed E-state index contributed by atoms with van der Waals surface area (Å²) in [6.07, 6.45) is 0.940. The minimum absolute atomic E-state index is 0.0608. The highest BCUT2D eigenvalue weighted by Crippen LogP contribution is 2.37. The number of hydroxylamine groups is 1. The third-order valence-electron chi connectivity index (χ3n) is 3.33. The first-order valence-electron chi connectivity index (χ1n) is 6.67. The van der Waals surface area contributed by atoms with Crippen LogP contribution in [0.2, 0.25) is 0 Å². The molecule has 0 saturated heterocycles. The van der Waals surface area contributed by atoms with E-state index < -0.39 is 0 Å². The molecule has 2 aromatic rings. The molecule has 1 aliphatic rings. The first-order valence-corrected chi connectivity index (χ1v) is 7.65. The molecule has 0 amide bonds. The van der Waals surface area contributed by atoms with Gasteiger partial charge in [-0.3, -0.25) is 4.84 Å². The lowest BCUT2D eigenvalue weighted by atomic mass is 10.0. The summed E-state index contributed by atoms with van der Waals surface area (Å²) in [7, 11) is 0. The van der Waals surface area contributed by atoms with Gasteiger partial charge in [-0.25, -0.2) is 4.39 Å². The van der Waals surface area contributed by atoms with Crippen LogP contribution in [0, 0.1) is 5.82 Å². The predicted octanol–water partition coefficient (Wildman–Crippen LogP) is 4.08. The predicted molar refractivity (Wildman–Crippen MR) is 78.8 cm³/mol. The van der Waals surface area contributed by atoms with E-state index in [9.17, 15) is 4.39 Å². The van der Waals surface area contributed by atoms with Gasteiger partial charge < -0.3 is 0 Å². The van der Waals surface area contributed by atoms with E-state index in [1.54, 1.807) is 17.8 Å². The zero-order valence-electron chi connectivity index (χ0n) is 11.0. The van der Waals surface area contributed by atoms with Crippen LogP contribution in [0.4, 0.5) is 4.39 Å². The molecule has 2 nitrogen and oxygen atoms in total. The van der Waals surface area contributed by atoms with E-state index in [-0.39, 0.29) is 11.9 Å². The third kappa shape index (κ3) is 3.03. The molecule has 2 aromatic carbocycles. The highest BCUT2D eigenvalue weighted by atomic mass is 32.2. The molecule has 1 heterocycles. The third-order valence-corrected chi connectivity index (χ3v) is 4.49. The van der Waals surface area contributed by atoms with Crippen molar-refractivity contribution in [2.45, 2.75) is 24.0 Å². The van der Waals surface area contributed by atoms with Crippen LogP contribution < -0.4 is 5.48 Å². The minimum Gasteiger partial charge on any atom is -0.296 e. The smallest absolute Gasteiger partial charge is 0.137 e.